The first-order valence-corrected chi connectivity index (χ1v) is 5.04. The van der Waals surface area contributed by atoms with Crippen LogP contribution in [0.4, 0.5) is 0 Å². The molecule has 0 aliphatic carbocycles. The Morgan fingerprint density at radius 3 is 2.47 bits per heavy atom. The van der Waals surface area contributed by atoms with Crippen LogP contribution in [0.5, 0.6) is 0 Å². The molecule has 1 rings (SSSR count). The van der Waals surface area contributed by atoms with Gasteiger partial charge in [-0.15, -0.1) is 0 Å². The quantitative estimate of drug-likeness (QED) is 0.553. The molecule has 1 N–H and O–H groups in total. The summed E-state index contributed by atoms with van der Waals surface area (Å²) in [5.74, 6) is -1.38. The molecule has 0 bridgehead atoms. The van der Waals surface area contributed by atoms with E-state index in [1.807, 2.05) is 13.0 Å². The molecule has 0 aromatic heterocycles. The Labute approximate surface area is 89.6 Å². The molecule has 0 fully saturated rings. The molecule has 0 atom stereocenters. The molecule has 0 spiro atoms. The van der Waals surface area contributed by atoms with Crippen molar-refractivity contribution in [3.63, 3.8) is 0 Å². The number of carboxylic acids is 1. The van der Waals surface area contributed by atoms with Crippen LogP contribution in [-0.4, -0.2) is 35.0 Å². The van der Waals surface area contributed by atoms with E-state index in [9.17, 15) is 9.59 Å². The van der Waals surface area contributed by atoms with E-state index in [0.29, 0.717) is 13.1 Å². The zero-order valence-corrected chi connectivity index (χ0v) is 9.41. The van der Waals surface area contributed by atoms with Crippen molar-refractivity contribution in [3.05, 3.63) is 11.6 Å². The SMILES string of the molecule is CC1=CCN(C(=O)C(C)(C)C(=O)O)CC1. The zero-order chi connectivity index (χ0) is 11.6. The predicted molar refractivity (Wildman–Crippen MR) is 56.4 cm³/mol. The largest absolute Gasteiger partial charge is 0.480 e. The molecule has 1 aliphatic heterocycles. The molecule has 15 heavy (non-hydrogen) atoms. The van der Waals surface area contributed by atoms with Gasteiger partial charge >= 0.3 is 5.97 Å². The van der Waals surface area contributed by atoms with Gasteiger partial charge in [0.25, 0.3) is 0 Å². The minimum atomic E-state index is -1.32. The van der Waals surface area contributed by atoms with Crippen molar-refractivity contribution in [1.29, 1.82) is 0 Å². The number of amides is 1. The lowest BCUT2D eigenvalue weighted by Crippen LogP contribution is -2.46. The third kappa shape index (κ3) is 2.37. The van der Waals surface area contributed by atoms with Gasteiger partial charge in [-0.2, -0.15) is 0 Å². The van der Waals surface area contributed by atoms with Gasteiger partial charge in [-0.05, 0) is 27.2 Å². The monoisotopic (exact) mass is 211 g/mol. The van der Waals surface area contributed by atoms with Crippen molar-refractivity contribution in [1.82, 2.24) is 4.90 Å². The standard InChI is InChI=1S/C11H17NO3/c1-8-4-6-12(7-5-8)9(13)11(2,3)10(14)15/h4H,5-7H2,1-3H3,(H,14,15). The molecular weight excluding hydrogens is 194 g/mol. The van der Waals surface area contributed by atoms with Gasteiger partial charge in [0, 0.05) is 13.1 Å². The number of carbonyl (C=O) groups excluding carboxylic acids is 1. The van der Waals surface area contributed by atoms with Crippen LogP contribution < -0.4 is 0 Å². The van der Waals surface area contributed by atoms with E-state index in [4.69, 9.17) is 5.11 Å². The summed E-state index contributed by atoms with van der Waals surface area (Å²) in [5.41, 5.74) is -0.0637. The lowest BCUT2D eigenvalue weighted by Gasteiger charge is -2.31. The number of aliphatic carboxylic acids is 1. The van der Waals surface area contributed by atoms with Gasteiger partial charge in [-0.1, -0.05) is 11.6 Å². The number of carbonyl (C=O) groups is 2. The molecule has 4 nitrogen and oxygen atoms in total. The molecule has 0 radical (unpaired) electrons. The molecule has 0 saturated heterocycles. The third-order valence-electron chi connectivity index (χ3n) is 2.79. The maximum absolute atomic E-state index is 11.9. The zero-order valence-electron chi connectivity index (χ0n) is 9.41. The summed E-state index contributed by atoms with van der Waals surface area (Å²) in [6.45, 7) is 6.06. The topological polar surface area (TPSA) is 57.6 Å². The van der Waals surface area contributed by atoms with Crippen molar-refractivity contribution >= 4 is 11.9 Å². The molecule has 0 saturated carbocycles. The second-order valence-corrected chi connectivity index (χ2v) is 4.48. The second-order valence-electron chi connectivity index (χ2n) is 4.48. The van der Waals surface area contributed by atoms with Crippen LogP contribution in [0.2, 0.25) is 0 Å². The van der Waals surface area contributed by atoms with Crippen LogP contribution in [0, 0.1) is 5.41 Å². The maximum atomic E-state index is 11.9. The van der Waals surface area contributed by atoms with Gasteiger partial charge < -0.3 is 10.0 Å². The fourth-order valence-corrected chi connectivity index (χ4v) is 1.44. The summed E-state index contributed by atoms with van der Waals surface area (Å²) in [6.07, 6.45) is 2.81. The smallest absolute Gasteiger partial charge is 0.318 e. The van der Waals surface area contributed by atoms with E-state index in [1.54, 1.807) is 4.90 Å². The summed E-state index contributed by atoms with van der Waals surface area (Å²) in [4.78, 5) is 24.4. The molecule has 0 unspecified atom stereocenters. The van der Waals surface area contributed by atoms with Crippen LogP contribution in [0.3, 0.4) is 0 Å². The van der Waals surface area contributed by atoms with Gasteiger partial charge in [0.15, 0.2) is 0 Å². The van der Waals surface area contributed by atoms with E-state index in [1.165, 1.54) is 19.4 Å². The van der Waals surface area contributed by atoms with Crippen molar-refractivity contribution in [2.45, 2.75) is 27.2 Å². The van der Waals surface area contributed by atoms with Crippen LogP contribution in [-0.2, 0) is 9.59 Å². The van der Waals surface area contributed by atoms with Crippen molar-refractivity contribution in [2.24, 2.45) is 5.41 Å². The van der Waals surface area contributed by atoms with E-state index < -0.39 is 11.4 Å². The minimum Gasteiger partial charge on any atom is -0.480 e. The Morgan fingerprint density at radius 1 is 1.47 bits per heavy atom. The first-order valence-electron chi connectivity index (χ1n) is 5.04. The van der Waals surface area contributed by atoms with E-state index in [2.05, 4.69) is 0 Å². The number of hydrogen-bond donors (Lipinski definition) is 1. The third-order valence-corrected chi connectivity index (χ3v) is 2.79. The Hall–Kier alpha value is -1.32. The normalized spacial score (nSPS) is 17.3. The number of rotatable bonds is 2. The lowest BCUT2D eigenvalue weighted by molar-refractivity contribution is -0.158. The van der Waals surface area contributed by atoms with Crippen molar-refractivity contribution < 1.29 is 14.7 Å². The molecule has 1 amide bonds. The van der Waals surface area contributed by atoms with E-state index >= 15 is 0 Å². The fourth-order valence-electron chi connectivity index (χ4n) is 1.44. The molecule has 4 heteroatoms. The van der Waals surface area contributed by atoms with Crippen molar-refractivity contribution in [2.75, 3.05) is 13.1 Å². The summed E-state index contributed by atoms with van der Waals surface area (Å²) in [5, 5.41) is 8.93. The van der Waals surface area contributed by atoms with Crippen molar-refractivity contribution in [3.8, 4) is 0 Å². The van der Waals surface area contributed by atoms with Crippen LogP contribution >= 0.6 is 0 Å². The molecule has 0 aromatic carbocycles. The van der Waals surface area contributed by atoms with Gasteiger partial charge in [0.05, 0.1) is 0 Å². The molecule has 1 heterocycles. The Bertz CT molecular complexity index is 318. The highest BCUT2D eigenvalue weighted by Gasteiger charge is 2.39. The van der Waals surface area contributed by atoms with Gasteiger partial charge in [-0.25, -0.2) is 0 Å². The van der Waals surface area contributed by atoms with Crippen LogP contribution in [0.1, 0.15) is 27.2 Å². The molecule has 1 aliphatic rings. The van der Waals surface area contributed by atoms with E-state index in [-0.39, 0.29) is 5.91 Å². The Balaban J connectivity index is 2.74. The molecular formula is C11H17NO3. The summed E-state index contributed by atoms with van der Waals surface area (Å²) in [7, 11) is 0. The fraction of sp³-hybridized carbons (Fsp3) is 0.636. The van der Waals surface area contributed by atoms with Gasteiger partial charge in [0.2, 0.25) is 5.91 Å². The summed E-state index contributed by atoms with van der Waals surface area (Å²) >= 11 is 0. The average Bonchev–Trinajstić information content (AvgIpc) is 2.17. The molecule has 0 aromatic rings. The maximum Gasteiger partial charge on any atom is 0.318 e. The number of carboxylic acid groups (broad SMARTS) is 1. The highest BCUT2D eigenvalue weighted by atomic mass is 16.4. The first-order chi connectivity index (χ1) is 6.85. The number of nitrogens with zero attached hydrogens (tertiary/aromatic N) is 1. The number of hydrogen-bond acceptors (Lipinski definition) is 2. The average molecular weight is 211 g/mol. The summed E-state index contributed by atoms with van der Waals surface area (Å²) < 4.78 is 0. The minimum absolute atomic E-state index is 0.307. The highest BCUT2D eigenvalue weighted by molar-refractivity contribution is 6.01. The van der Waals surface area contributed by atoms with Crippen LogP contribution in [0.15, 0.2) is 11.6 Å². The van der Waals surface area contributed by atoms with E-state index in [0.717, 1.165) is 6.42 Å². The van der Waals surface area contributed by atoms with Gasteiger partial charge in [-0.3, -0.25) is 9.59 Å². The second kappa shape index (κ2) is 4.04. The van der Waals surface area contributed by atoms with Gasteiger partial charge in [0.1, 0.15) is 5.41 Å². The van der Waals surface area contributed by atoms with Crippen LogP contribution in [0.25, 0.3) is 0 Å². The predicted octanol–water partition coefficient (Wildman–Crippen LogP) is 1.28. The molecule has 84 valence electrons. The lowest BCUT2D eigenvalue weighted by atomic mass is 9.91. The summed E-state index contributed by atoms with van der Waals surface area (Å²) in [6, 6.07) is 0. The Morgan fingerprint density at radius 2 is 2.07 bits per heavy atom. The highest BCUT2D eigenvalue weighted by Crippen LogP contribution is 2.21. The Kier molecular flexibility index (Phi) is 3.17. The first kappa shape index (κ1) is 11.8.